The molecule has 0 N–H and O–H groups in total. The molecule has 6 aromatic rings. The number of hydrogen-bond acceptors (Lipinski definition) is 14. The average Bonchev–Trinajstić information content (AvgIpc) is 4.19. The quantitative estimate of drug-likeness (QED) is 0.0661. The number of nitrogens with zero attached hydrogens (tertiary/aromatic N) is 6. The molecule has 0 amide bonds. The van der Waals surface area contributed by atoms with Crippen molar-refractivity contribution in [1.29, 1.82) is 0 Å². The number of aromatic nitrogens is 2. The van der Waals surface area contributed by atoms with Gasteiger partial charge in [-0.3, -0.25) is 0 Å². The van der Waals surface area contributed by atoms with Gasteiger partial charge in [0.05, 0.1) is 45.7 Å². The SMILES string of the molecule is CN1CCC(OC(c2cccc(N3CCC(OC(=O)C(=O)OC4(C(F)(F)F)CCN(c5cccc(C(OC6CCN(C)CC6)c6nc7ccccc7s6)c5)C4)(C(F)(F)F)C3)c2)c2nc3ccccc3s2)CC1. The molecular weight excluding hydrogens is 983 g/mol. The third kappa shape index (κ3) is 10.4. The van der Waals surface area contributed by atoms with Gasteiger partial charge in [-0.25, -0.2) is 19.6 Å². The molecule has 0 bridgehead atoms. The second-order valence-corrected chi connectivity index (χ2v) is 21.5. The Kier molecular flexibility index (Phi) is 14.0. The molecule has 0 saturated carbocycles. The van der Waals surface area contributed by atoms with Crippen molar-refractivity contribution < 1.29 is 54.9 Å². The molecule has 2 aromatic heterocycles. The van der Waals surface area contributed by atoms with E-state index in [4.69, 9.17) is 28.9 Å². The number of carbonyl (C=O) groups excluding carboxylic acids is 2. The van der Waals surface area contributed by atoms with E-state index in [0.717, 1.165) is 72.3 Å². The van der Waals surface area contributed by atoms with Crippen molar-refractivity contribution in [2.24, 2.45) is 0 Å². The highest BCUT2D eigenvalue weighted by Gasteiger charge is 2.65. The van der Waals surface area contributed by atoms with Crippen LogP contribution >= 0.6 is 22.7 Å². The molecule has 4 aromatic carbocycles. The van der Waals surface area contributed by atoms with E-state index in [1.807, 2.05) is 74.8 Å². The number of piperidine rings is 2. The lowest BCUT2D eigenvalue weighted by molar-refractivity contribution is -0.273. The number of halogens is 6. The molecule has 12 nitrogen and oxygen atoms in total. The number of para-hydroxylation sites is 2. The summed E-state index contributed by atoms with van der Waals surface area (Å²) in [6.45, 7) is 0.996. The number of rotatable bonds is 12. The van der Waals surface area contributed by atoms with E-state index < -0.39 is 73.6 Å². The first kappa shape index (κ1) is 50.2. The predicted molar refractivity (Wildman–Crippen MR) is 262 cm³/mol. The maximum atomic E-state index is 15.2. The first-order chi connectivity index (χ1) is 34.4. The van der Waals surface area contributed by atoms with E-state index in [1.165, 1.54) is 32.5 Å². The molecule has 4 aliphatic heterocycles. The Morgan fingerprint density at radius 3 is 1.33 bits per heavy atom. The van der Waals surface area contributed by atoms with Gasteiger partial charge >= 0.3 is 24.3 Å². The van der Waals surface area contributed by atoms with Crippen LogP contribution in [0.1, 0.15) is 71.9 Å². The van der Waals surface area contributed by atoms with Crippen LogP contribution in [0.3, 0.4) is 0 Å². The number of hydrogen-bond donors (Lipinski definition) is 0. The summed E-state index contributed by atoms with van der Waals surface area (Å²) >= 11 is 2.93. The minimum atomic E-state index is -5.22. The number of likely N-dealkylation sites (tertiary alicyclic amines) is 2. The Morgan fingerprint density at radius 2 is 0.958 bits per heavy atom. The predicted octanol–water partition coefficient (Wildman–Crippen LogP) is 10.1. The smallest absolute Gasteiger partial charge is 0.430 e. The Hall–Kier alpha value is -5.38. The van der Waals surface area contributed by atoms with Gasteiger partial charge in [0.1, 0.15) is 22.2 Å². The van der Waals surface area contributed by atoms with Crippen LogP contribution in [0.2, 0.25) is 0 Å². The lowest BCUT2D eigenvalue weighted by Gasteiger charge is -2.34. The fourth-order valence-corrected chi connectivity index (χ4v) is 12.2. The normalized spacial score (nSPS) is 23.0. The summed E-state index contributed by atoms with van der Waals surface area (Å²) in [7, 11) is 4.08. The van der Waals surface area contributed by atoms with Crippen molar-refractivity contribution >= 4 is 66.4 Å². The van der Waals surface area contributed by atoms with Gasteiger partial charge in [0.2, 0.25) is 11.2 Å². The van der Waals surface area contributed by atoms with Crippen LogP contribution in [0.25, 0.3) is 20.4 Å². The number of thiazole rings is 2. The fourth-order valence-electron chi connectivity index (χ4n) is 10.1. The molecule has 4 saturated heterocycles. The fraction of sp³-hybridized carbons (Fsp3) is 0.462. The second kappa shape index (κ2) is 20.1. The van der Waals surface area contributed by atoms with Gasteiger partial charge < -0.3 is 38.5 Å². The largest absolute Gasteiger partial charge is 0.439 e. The Morgan fingerprint density at radius 1 is 0.569 bits per heavy atom. The molecule has 4 aliphatic rings. The third-order valence-electron chi connectivity index (χ3n) is 14.4. The summed E-state index contributed by atoms with van der Waals surface area (Å²) in [5, 5.41) is 1.37. The minimum Gasteiger partial charge on any atom is -0.439 e. The van der Waals surface area contributed by atoms with Crippen molar-refractivity contribution in [3.8, 4) is 0 Å². The van der Waals surface area contributed by atoms with E-state index in [-0.39, 0.29) is 25.3 Å². The molecule has 6 heterocycles. The average molecular weight is 1040 g/mol. The van der Waals surface area contributed by atoms with Gasteiger partial charge in [-0.05, 0) is 99.4 Å². The summed E-state index contributed by atoms with van der Waals surface area (Å²) in [6.07, 6.45) is -10.4. The summed E-state index contributed by atoms with van der Waals surface area (Å²) in [5.74, 6) is -4.33. The number of carbonyl (C=O) groups is 2. The maximum absolute atomic E-state index is 15.2. The highest BCUT2D eigenvalue weighted by Crippen LogP contribution is 2.46. The van der Waals surface area contributed by atoms with Gasteiger partial charge in [-0.1, -0.05) is 48.5 Å². The summed E-state index contributed by atoms with van der Waals surface area (Å²) < 4.78 is 116. The van der Waals surface area contributed by atoms with Crippen molar-refractivity contribution in [3.63, 3.8) is 0 Å². The van der Waals surface area contributed by atoms with Gasteiger partial charge in [-0.2, -0.15) is 26.3 Å². The highest BCUT2D eigenvalue weighted by molar-refractivity contribution is 7.19. The van der Waals surface area contributed by atoms with Crippen LogP contribution in [-0.4, -0.2) is 134 Å². The maximum Gasteiger partial charge on any atom is 0.430 e. The van der Waals surface area contributed by atoms with Crippen molar-refractivity contribution in [2.45, 2.75) is 86.5 Å². The van der Waals surface area contributed by atoms with Crippen LogP contribution in [0.15, 0.2) is 97.1 Å². The lowest BCUT2D eigenvalue weighted by atomic mass is 10.0. The lowest BCUT2D eigenvalue weighted by Crippen LogP contribution is -2.55. The molecule has 0 spiro atoms. The Bertz CT molecular complexity index is 2640. The monoisotopic (exact) mass is 1040 g/mol. The first-order valence-electron chi connectivity index (χ1n) is 24.1. The van der Waals surface area contributed by atoms with Gasteiger partial charge in [0, 0.05) is 63.5 Å². The van der Waals surface area contributed by atoms with E-state index in [0.29, 0.717) is 32.5 Å². The molecule has 0 radical (unpaired) electrons. The molecule has 4 unspecified atom stereocenters. The van der Waals surface area contributed by atoms with Crippen LogP contribution in [0.5, 0.6) is 0 Å². The molecule has 10 rings (SSSR count). The van der Waals surface area contributed by atoms with E-state index in [2.05, 4.69) is 9.80 Å². The molecule has 0 aliphatic carbocycles. The standard InChI is InChI=1S/C52H54F6N6O6S2/c1-61-23-17-37(18-24-61)67-43(45-59-39-13-3-5-15-41(39)71-45)33-9-7-11-35(29-33)63-27-21-49(31-63,51(53,54)55)69-47(65)48(66)70-50(52(56,57)58)22-28-64(32-50)36-12-8-10-34(30-36)44(68-38-19-25-62(2)26-20-38)46-60-40-14-4-6-16-42(40)72-46/h3-16,29-30,37-38,43-44H,17-28,31-32H2,1-2H3. The van der Waals surface area contributed by atoms with Crippen LogP contribution in [0.4, 0.5) is 37.7 Å². The van der Waals surface area contributed by atoms with Crippen molar-refractivity contribution in [1.82, 2.24) is 19.8 Å². The van der Waals surface area contributed by atoms with Gasteiger partial charge in [0.25, 0.3) is 0 Å². The topological polar surface area (TPSA) is 110 Å². The Labute approximate surface area is 420 Å². The summed E-state index contributed by atoms with van der Waals surface area (Å²) in [5.41, 5.74) is -2.87. The van der Waals surface area contributed by atoms with Crippen LogP contribution in [-0.2, 0) is 28.5 Å². The van der Waals surface area contributed by atoms with Crippen molar-refractivity contribution in [3.05, 3.63) is 118 Å². The van der Waals surface area contributed by atoms with E-state index in [9.17, 15) is 9.59 Å². The molecule has 4 atom stereocenters. The Balaban J connectivity index is 0.850. The molecule has 382 valence electrons. The molecular formula is C52H54F6N6O6S2. The molecule has 4 fully saturated rings. The van der Waals surface area contributed by atoms with Crippen LogP contribution in [0, 0.1) is 0 Å². The summed E-state index contributed by atoms with van der Waals surface area (Å²) in [6, 6.07) is 29.0. The zero-order valence-corrected chi connectivity index (χ0v) is 41.3. The highest BCUT2D eigenvalue weighted by atomic mass is 32.1. The summed E-state index contributed by atoms with van der Waals surface area (Å²) in [4.78, 5) is 43.8. The molecule has 72 heavy (non-hydrogen) atoms. The van der Waals surface area contributed by atoms with Gasteiger partial charge in [-0.15, -0.1) is 22.7 Å². The number of esters is 2. The van der Waals surface area contributed by atoms with Gasteiger partial charge in [0.15, 0.2) is 0 Å². The first-order valence-corrected chi connectivity index (χ1v) is 25.8. The van der Waals surface area contributed by atoms with Crippen molar-refractivity contribution in [2.75, 3.05) is 76.3 Å². The number of fused-ring (bicyclic) bond motifs is 2. The zero-order chi connectivity index (χ0) is 50.4. The number of alkyl halides is 6. The van der Waals surface area contributed by atoms with E-state index >= 15 is 26.3 Å². The van der Waals surface area contributed by atoms with E-state index in [1.54, 1.807) is 36.4 Å². The number of benzene rings is 4. The zero-order valence-electron chi connectivity index (χ0n) is 39.7. The van der Waals surface area contributed by atoms with Crippen LogP contribution < -0.4 is 9.80 Å². The number of anilines is 2. The number of ether oxygens (including phenoxy) is 4. The minimum absolute atomic E-state index is 0.0943. The second-order valence-electron chi connectivity index (χ2n) is 19.4. The third-order valence-corrected chi connectivity index (χ3v) is 16.5. The molecule has 20 heteroatoms.